The van der Waals surface area contributed by atoms with Gasteiger partial charge in [-0.3, -0.25) is 33.5 Å². The Bertz CT molecular complexity index is 2510. The third kappa shape index (κ3) is 10.2. The summed E-state index contributed by atoms with van der Waals surface area (Å²) in [6.07, 6.45) is 0.981. The second kappa shape index (κ2) is 21.9. The molecule has 2 aliphatic rings. The number of aryl methyl sites for hydroxylation is 1. The summed E-state index contributed by atoms with van der Waals surface area (Å²) in [5.41, 5.74) is 3.83. The molecular weight excluding hydrogens is 877 g/mol. The lowest BCUT2D eigenvalue weighted by Crippen LogP contribution is -2.44. The summed E-state index contributed by atoms with van der Waals surface area (Å²) in [5.74, 6) is 1.38. The minimum atomic E-state index is -4.02. The van der Waals surface area contributed by atoms with Crippen LogP contribution in [0.5, 0.6) is 34.5 Å². The Morgan fingerprint density at radius 1 is 0.500 bits per heavy atom. The van der Waals surface area contributed by atoms with Gasteiger partial charge in [-0.25, -0.2) is 0 Å². The third-order valence-electron chi connectivity index (χ3n) is 11.1. The number of carbonyl (C=O) groups excluding carboxylic acids is 4. The van der Waals surface area contributed by atoms with Gasteiger partial charge in [0.05, 0.1) is 47.6 Å². The largest absolute Gasteiger partial charge is 0.493 e. The van der Waals surface area contributed by atoms with E-state index in [1.54, 1.807) is 91.2 Å². The van der Waals surface area contributed by atoms with Gasteiger partial charge in [-0.1, -0.05) is 29.8 Å². The van der Waals surface area contributed by atoms with Gasteiger partial charge in [0.15, 0.2) is 23.0 Å². The number of carbonyl (C=O) groups is 4. The zero-order valence-corrected chi connectivity index (χ0v) is 38.6. The second-order valence-electron chi connectivity index (χ2n) is 14.9. The molecule has 0 aliphatic carbocycles. The molecule has 7 rings (SSSR count). The highest BCUT2D eigenvalue weighted by molar-refractivity contribution is 7.85. The highest BCUT2D eigenvalue weighted by Crippen LogP contribution is 2.41. The molecule has 2 heterocycles. The van der Waals surface area contributed by atoms with Gasteiger partial charge in [-0.05, 0) is 81.4 Å². The Balaban J connectivity index is 0.000000597. The molecule has 2 aliphatic heterocycles. The predicted molar refractivity (Wildman–Crippen MR) is 244 cm³/mol. The fourth-order valence-corrected chi connectivity index (χ4v) is 8.35. The molecule has 0 radical (unpaired) electrons. The van der Waals surface area contributed by atoms with E-state index in [-0.39, 0.29) is 45.7 Å². The van der Waals surface area contributed by atoms with Crippen molar-refractivity contribution in [2.24, 2.45) is 0 Å². The van der Waals surface area contributed by atoms with Gasteiger partial charge in [0.1, 0.15) is 0 Å². The van der Waals surface area contributed by atoms with Crippen LogP contribution in [0.1, 0.15) is 71.0 Å². The quantitative estimate of drug-likeness (QED) is 0.0569. The average Bonchev–Trinajstić information content (AvgIpc) is 3.30. The number of nitrogens with zero attached hydrogens (tertiary/aromatic N) is 2. The Labute approximate surface area is 382 Å². The van der Waals surface area contributed by atoms with Gasteiger partial charge < -0.3 is 44.5 Å². The molecule has 5 aromatic carbocycles. The highest BCUT2D eigenvalue weighted by Gasteiger charge is 2.39. The molecule has 19 heteroatoms. The van der Waals surface area contributed by atoms with Crippen LogP contribution in [0.4, 0.5) is 0 Å². The van der Waals surface area contributed by atoms with Gasteiger partial charge >= 0.3 is 0 Å². The molecule has 0 aromatic heterocycles. The number of hydrogen-bond donors (Lipinski definition) is 3. The van der Waals surface area contributed by atoms with E-state index >= 15 is 0 Å². The maximum Gasteiger partial charge on any atom is 0.294 e. The Morgan fingerprint density at radius 2 is 0.848 bits per heavy atom. The van der Waals surface area contributed by atoms with Crippen molar-refractivity contribution >= 4 is 44.5 Å². The first-order valence-electron chi connectivity index (χ1n) is 20.6. The maximum absolute atomic E-state index is 13.7. The number of nitrogens with one attached hydrogen (secondary N) is 2. The summed E-state index contributed by atoms with van der Waals surface area (Å²) in [5, 5.41) is 7.37. The number of hydrogen-bond acceptors (Lipinski definition) is 14. The van der Waals surface area contributed by atoms with E-state index in [4.69, 9.17) is 33.0 Å². The van der Waals surface area contributed by atoms with Crippen molar-refractivity contribution in [2.45, 2.75) is 37.8 Å². The van der Waals surface area contributed by atoms with Crippen LogP contribution in [0.15, 0.2) is 77.7 Å². The molecule has 0 atom stereocenters. The van der Waals surface area contributed by atoms with Crippen molar-refractivity contribution in [1.29, 1.82) is 0 Å². The molecule has 4 amide bonds. The van der Waals surface area contributed by atoms with E-state index in [9.17, 15) is 27.6 Å². The average molecular weight is 931 g/mol. The van der Waals surface area contributed by atoms with Crippen LogP contribution in [0.2, 0.25) is 0 Å². The minimum absolute atomic E-state index is 0. The van der Waals surface area contributed by atoms with Crippen LogP contribution >= 0.6 is 0 Å². The minimum Gasteiger partial charge on any atom is -0.493 e. The molecule has 0 saturated carbocycles. The summed E-state index contributed by atoms with van der Waals surface area (Å²) < 4.78 is 62.3. The lowest BCUT2D eigenvalue weighted by molar-refractivity contribution is 0.0587. The number of amides is 4. The molecule has 5 aromatic rings. The number of ether oxygens (including phenoxy) is 6. The van der Waals surface area contributed by atoms with Crippen molar-refractivity contribution < 1.29 is 66.0 Å². The third-order valence-corrected chi connectivity index (χ3v) is 11.9. The topological polar surface area (TPSA) is 240 Å². The van der Waals surface area contributed by atoms with Crippen LogP contribution in [0.25, 0.3) is 10.8 Å². The van der Waals surface area contributed by atoms with Crippen LogP contribution < -0.4 is 39.1 Å². The number of methoxy groups -OCH3 is 6. The summed E-state index contributed by atoms with van der Waals surface area (Å²) in [7, 11) is 5.31. The molecular formula is C47H54N4O14S. The van der Waals surface area contributed by atoms with Crippen LogP contribution in [0, 0.1) is 6.92 Å². The van der Waals surface area contributed by atoms with Gasteiger partial charge in [-0.15, -0.1) is 0 Å². The van der Waals surface area contributed by atoms with Crippen LogP contribution in [-0.2, 0) is 23.2 Å². The van der Waals surface area contributed by atoms with E-state index in [1.165, 1.54) is 21.9 Å². The zero-order valence-electron chi connectivity index (χ0n) is 37.7. The van der Waals surface area contributed by atoms with E-state index in [0.717, 1.165) is 16.7 Å². The van der Waals surface area contributed by atoms with Gasteiger partial charge in [0.25, 0.3) is 33.7 Å². The Hall–Kier alpha value is -6.77. The summed E-state index contributed by atoms with van der Waals surface area (Å²) in [6.45, 7) is 4.13. The van der Waals surface area contributed by atoms with E-state index in [1.807, 2.05) is 19.1 Å². The van der Waals surface area contributed by atoms with Gasteiger partial charge in [0, 0.05) is 70.3 Å². The van der Waals surface area contributed by atoms with Gasteiger partial charge in [-0.2, -0.15) is 8.42 Å². The zero-order chi connectivity index (χ0) is 47.0. The summed E-state index contributed by atoms with van der Waals surface area (Å²) in [4.78, 5) is 57.2. The molecule has 18 nitrogen and oxygen atoms in total. The van der Waals surface area contributed by atoms with E-state index in [0.29, 0.717) is 84.3 Å². The lowest BCUT2D eigenvalue weighted by Gasteiger charge is -2.32. The van der Waals surface area contributed by atoms with Crippen molar-refractivity contribution in [3.05, 3.63) is 112 Å². The number of benzene rings is 5. The first kappa shape index (κ1) is 50.2. The predicted octanol–water partition coefficient (Wildman–Crippen LogP) is 4.86. The molecule has 66 heavy (non-hydrogen) atoms. The Kier molecular flexibility index (Phi) is 16.7. The van der Waals surface area contributed by atoms with E-state index < -0.39 is 33.7 Å². The molecule has 0 spiro atoms. The first-order valence-corrected chi connectivity index (χ1v) is 22.0. The first-order chi connectivity index (χ1) is 31.2. The SMILES string of the molecule is COc1ccc(CNCCCN2C(=O)c3ccc4c5c(ccc(c35)C2=O)C(=O)N(CCCNCc2ccc(OC)c(OC)c2OC)C4=O)c(OC)c1OC.Cc1ccc(S(=O)(=O)O)cc1.O. The maximum atomic E-state index is 13.7. The van der Waals surface area contributed by atoms with Crippen LogP contribution in [-0.4, -0.2) is 121 Å². The fraction of sp³-hybridized carbons (Fsp3) is 0.319. The van der Waals surface area contributed by atoms with Crippen LogP contribution in [0.3, 0.4) is 0 Å². The standard InChI is InChI=1S/C40H44N4O10.C7H8O3S.H2O/c1-49-29-15-9-23(33(51-3)35(29)53-5)21-41-17-7-19-43-37(45)25-11-13-27-32-28(14-12-26(31(25)32)38(43)46)40(48)44(39(27)47)20-8-18-42-22-24-10-16-30(50-2)36(54-6)34(24)52-4;1-6-2-4-7(5-3-6)11(8,9)10;/h9-16,41-42H,7-8,17-22H2,1-6H3;2-5H,1H3,(H,8,9,10);1H2. The van der Waals surface area contributed by atoms with E-state index in [2.05, 4.69) is 10.6 Å². The molecule has 0 saturated heterocycles. The van der Waals surface area contributed by atoms with Gasteiger partial charge in [0.2, 0.25) is 11.5 Å². The summed E-state index contributed by atoms with van der Waals surface area (Å²) in [6, 6.07) is 19.7. The monoisotopic (exact) mass is 930 g/mol. The second-order valence-corrected chi connectivity index (χ2v) is 16.4. The number of rotatable bonds is 19. The molecule has 0 unspecified atom stereocenters. The molecule has 0 bridgehead atoms. The lowest BCUT2D eigenvalue weighted by atomic mass is 9.86. The fourth-order valence-electron chi connectivity index (χ4n) is 7.87. The Morgan fingerprint density at radius 3 is 1.15 bits per heavy atom. The van der Waals surface area contributed by atoms with Crippen molar-refractivity contribution in [3.8, 4) is 34.5 Å². The number of imide groups is 2. The van der Waals surface area contributed by atoms with Crippen molar-refractivity contribution in [3.63, 3.8) is 0 Å². The molecule has 352 valence electrons. The van der Waals surface area contributed by atoms with Crippen molar-refractivity contribution in [1.82, 2.24) is 20.4 Å². The van der Waals surface area contributed by atoms with Crippen molar-refractivity contribution in [2.75, 3.05) is 68.8 Å². The normalized spacial score (nSPS) is 12.9. The summed E-state index contributed by atoms with van der Waals surface area (Å²) >= 11 is 0. The highest BCUT2D eigenvalue weighted by atomic mass is 32.2. The smallest absolute Gasteiger partial charge is 0.294 e. The molecule has 5 N–H and O–H groups in total. The molecule has 0 fully saturated rings.